The monoisotopic (exact) mass is 260 g/mol. The Morgan fingerprint density at radius 1 is 1.39 bits per heavy atom. The first kappa shape index (κ1) is 14.5. The average molecular weight is 260 g/mol. The number of nitrogens with one attached hydrogen (secondary N) is 2. The Bertz CT molecular complexity index is 418. The Labute approximate surface area is 103 Å². The predicted molar refractivity (Wildman–Crippen MR) is 63.2 cm³/mol. The quantitative estimate of drug-likeness (QED) is 0.874. The van der Waals surface area contributed by atoms with E-state index in [1.165, 1.54) is 6.92 Å². The lowest BCUT2D eigenvalue weighted by atomic mass is 10.1. The molecule has 1 atom stereocenters. The van der Waals surface area contributed by atoms with Gasteiger partial charge in [-0.1, -0.05) is 12.1 Å². The topological polar surface area (TPSA) is 41.1 Å². The highest BCUT2D eigenvalue weighted by molar-refractivity contribution is 5.88. The fraction of sp³-hybridized carbons (Fsp3) is 0.417. The minimum Gasteiger partial charge on any atom is -0.326 e. The van der Waals surface area contributed by atoms with Gasteiger partial charge in [0.25, 0.3) is 0 Å². The van der Waals surface area contributed by atoms with Crippen LogP contribution < -0.4 is 10.6 Å². The van der Waals surface area contributed by atoms with Gasteiger partial charge in [-0.05, 0) is 24.6 Å². The molecule has 0 saturated heterocycles. The molecular formula is C12H15F3N2O. The van der Waals surface area contributed by atoms with Gasteiger partial charge < -0.3 is 10.6 Å². The van der Waals surface area contributed by atoms with Crippen LogP contribution >= 0.6 is 0 Å². The average Bonchev–Trinajstić information content (AvgIpc) is 2.24. The van der Waals surface area contributed by atoms with Crippen molar-refractivity contribution in [2.24, 2.45) is 0 Å². The fourth-order valence-electron chi connectivity index (χ4n) is 1.48. The van der Waals surface area contributed by atoms with Gasteiger partial charge in [0.2, 0.25) is 5.91 Å². The number of carbonyl (C=O) groups excluding carboxylic acids is 1. The summed E-state index contributed by atoms with van der Waals surface area (Å²) in [6.07, 6.45) is -4.23. The Morgan fingerprint density at radius 3 is 2.61 bits per heavy atom. The van der Waals surface area contributed by atoms with Crippen molar-refractivity contribution in [2.75, 3.05) is 11.9 Å². The Hall–Kier alpha value is -1.56. The van der Waals surface area contributed by atoms with Crippen LogP contribution in [0.5, 0.6) is 0 Å². The zero-order chi connectivity index (χ0) is 13.8. The van der Waals surface area contributed by atoms with Gasteiger partial charge in [0, 0.05) is 18.7 Å². The summed E-state index contributed by atoms with van der Waals surface area (Å²) in [5, 5.41) is 4.97. The molecule has 1 aromatic carbocycles. The number of halogens is 3. The lowest BCUT2D eigenvalue weighted by molar-refractivity contribution is -0.126. The minimum absolute atomic E-state index is 0.219. The van der Waals surface area contributed by atoms with E-state index < -0.39 is 18.8 Å². The molecule has 1 amide bonds. The number of hydrogen-bond donors (Lipinski definition) is 2. The highest BCUT2D eigenvalue weighted by Gasteiger charge is 2.27. The maximum Gasteiger partial charge on any atom is 0.401 e. The highest BCUT2D eigenvalue weighted by atomic mass is 19.4. The highest BCUT2D eigenvalue weighted by Crippen LogP contribution is 2.19. The van der Waals surface area contributed by atoms with Crippen LogP contribution in [0.3, 0.4) is 0 Å². The van der Waals surface area contributed by atoms with Crippen molar-refractivity contribution < 1.29 is 18.0 Å². The molecule has 18 heavy (non-hydrogen) atoms. The van der Waals surface area contributed by atoms with Crippen LogP contribution in [0.4, 0.5) is 18.9 Å². The minimum atomic E-state index is -4.23. The van der Waals surface area contributed by atoms with Crippen molar-refractivity contribution in [3.8, 4) is 0 Å². The lowest BCUT2D eigenvalue weighted by Gasteiger charge is -2.16. The van der Waals surface area contributed by atoms with Gasteiger partial charge in [0.05, 0.1) is 6.54 Å². The third-order valence-corrected chi connectivity index (χ3v) is 2.32. The number of benzene rings is 1. The second kappa shape index (κ2) is 5.86. The van der Waals surface area contributed by atoms with Crippen molar-refractivity contribution in [3.05, 3.63) is 29.8 Å². The summed E-state index contributed by atoms with van der Waals surface area (Å²) in [5.74, 6) is -0.219. The zero-order valence-electron chi connectivity index (χ0n) is 10.1. The van der Waals surface area contributed by atoms with Crippen molar-refractivity contribution >= 4 is 11.6 Å². The molecule has 0 aliphatic carbocycles. The molecule has 0 aromatic heterocycles. The molecule has 0 radical (unpaired) electrons. The molecule has 0 aliphatic heterocycles. The summed E-state index contributed by atoms with van der Waals surface area (Å²) in [5.41, 5.74) is 1.26. The molecule has 1 rings (SSSR count). The van der Waals surface area contributed by atoms with E-state index in [9.17, 15) is 18.0 Å². The van der Waals surface area contributed by atoms with Crippen molar-refractivity contribution in [3.63, 3.8) is 0 Å². The zero-order valence-corrected chi connectivity index (χ0v) is 10.1. The predicted octanol–water partition coefficient (Wildman–Crippen LogP) is 2.86. The molecule has 0 fully saturated rings. The summed E-state index contributed by atoms with van der Waals surface area (Å²) < 4.78 is 36.2. The van der Waals surface area contributed by atoms with Gasteiger partial charge in [-0.3, -0.25) is 4.79 Å². The van der Waals surface area contributed by atoms with E-state index in [-0.39, 0.29) is 5.91 Å². The van der Waals surface area contributed by atoms with Crippen molar-refractivity contribution in [1.82, 2.24) is 5.32 Å². The van der Waals surface area contributed by atoms with Crippen LogP contribution in [-0.4, -0.2) is 18.6 Å². The molecule has 100 valence electrons. The standard InChI is InChI=1S/C12H15F3N2O/c1-8(16-7-12(13,14)15)10-4-3-5-11(6-10)17-9(2)18/h3-6,8,16H,7H2,1-2H3,(H,17,18). The molecule has 1 unspecified atom stereocenters. The van der Waals surface area contributed by atoms with Gasteiger partial charge in [-0.15, -0.1) is 0 Å². The first-order valence-electron chi connectivity index (χ1n) is 5.45. The normalized spacial score (nSPS) is 13.2. The van der Waals surface area contributed by atoms with Crippen LogP contribution in [0.25, 0.3) is 0 Å². The molecule has 0 bridgehead atoms. The van der Waals surface area contributed by atoms with E-state index in [1.807, 2.05) is 0 Å². The van der Waals surface area contributed by atoms with Gasteiger partial charge in [-0.2, -0.15) is 13.2 Å². The molecule has 0 spiro atoms. The fourth-order valence-corrected chi connectivity index (χ4v) is 1.48. The summed E-state index contributed by atoms with van der Waals surface area (Å²) in [6, 6.07) is 6.28. The largest absolute Gasteiger partial charge is 0.401 e. The summed E-state index contributed by atoms with van der Waals surface area (Å²) in [6.45, 7) is 1.97. The van der Waals surface area contributed by atoms with Crippen molar-refractivity contribution in [2.45, 2.75) is 26.1 Å². The second-order valence-electron chi connectivity index (χ2n) is 4.02. The van der Waals surface area contributed by atoms with Crippen LogP contribution in [0.2, 0.25) is 0 Å². The van der Waals surface area contributed by atoms with Gasteiger partial charge in [0.1, 0.15) is 0 Å². The first-order chi connectivity index (χ1) is 8.28. The third-order valence-electron chi connectivity index (χ3n) is 2.32. The van der Waals surface area contributed by atoms with Crippen LogP contribution in [0.1, 0.15) is 25.5 Å². The number of alkyl halides is 3. The molecule has 1 aromatic rings. The Kier molecular flexibility index (Phi) is 4.72. The van der Waals surface area contributed by atoms with Gasteiger partial charge in [0.15, 0.2) is 0 Å². The number of hydrogen-bond acceptors (Lipinski definition) is 2. The molecule has 0 aliphatic rings. The van der Waals surface area contributed by atoms with Crippen LogP contribution in [0.15, 0.2) is 24.3 Å². The second-order valence-corrected chi connectivity index (χ2v) is 4.02. The van der Waals surface area contributed by atoms with E-state index in [0.717, 1.165) is 0 Å². The van der Waals surface area contributed by atoms with Crippen LogP contribution in [-0.2, 0) is 4.79 Å². The molecule has 6 heteroatoms. The Morgan fingerprint density at radius 2 is 2.06 bits per heavy atom. The number of carbonyl (C=O) groups is 1. The van der Waals surface area contributed by atoms with Crippen LogP contribution in [0, 0.1) is 0 Å². The third kappa shape index (κ3) is 5.18. The lowest BCUT2D eigenvalue weighted by Crippen LogP contribution is -2.30. The molecule has 3 nitrogen and oxygen atoms in total. The summed E-state index contributed by atoms with van der Waals surface area (Å²) in [7, 11) is 0. The van der Waals surface area contributed by atoms with E-state index in [2.05, 4.69) is 10.6 Å². The van der Waals surface area contributed by atoms with Crippen molar-refractivity contribution in [1.29, 1.82) is 0 Å². The van der Waals surface area contributed by atoms with E-state index in [4.69, 9.17) is 0 Å². The van der Waals surface area contributed by atoms with E-state index in [1.54, 1.807) is 31.2 Å². The smallest absolute Gasteiger partial charge is 0.326 e. The molecule has 2 N–H and O–H groups in total. The molecule has 0 heterocycles. The maximum atomic E-state index is 12.1. The van der Waals surface area contributed by atoms with Gasteiger partial charge in [-0.25, -0.2) is 0 Å². The molecular weight excluding hydrogens is 245 g/mol. The number of rotatable bonds is 4. The number of amides is 1. The SMILES string of the molecule is CC(=O)Nc1cccc(C(C)NCC(F)(F)F)c1. The Balaban J connectivity index is 2.68. The number of anilines is 1. The summed E-state index contributed by atoms with van der Waals surface area (Å²) >= 11 is 0. The maximum absolute atomic E-state index is 12.1. The van der Waals surface area contributed by atoms with E-state index in [0.29, 0.717) is 11.3 Å². The first-order valence-corrected chi connectivity index (χ1v) is 5.45. The van der Waals surface area contributed by atoms with E-state index >= 15 is 0 Å². The van der Waals surface area contributed by atoms with Gasteiger partial charge >= 0.3 is 6.18 Å². The summed E-state index contributed by atoms with van der Waals surface area (Å²) in [4.78, 5) is 10.9. The molecule has 0 saturated carbocycles.